The lowest BCUT2D eigenvalue weighted by Gasteiger charge is -2.01. The molecule has 2 nitrogen and oxygen atoms in total. The molecule has 0 fully saturated rings. The third-order valence-corrected chi connectivity index (χ3v) is 3.13. The van der Waals surface area contributed by atoms with Crippen molar-refractivity contribution in [3.8, 4) is 0 Å². The molecule has 0 aliphatic carbocycles. The maximum atomic E-state index is 10.9. The topological polar surface area (TPSA) is 29.1 Å². The second kappa shape index (κ2) is 12.0. The van der Waals surface area contributed by atoms with Gasteiger partial charge in [-0.3, -0.25) is 4.79 Å². The van der Waals surface area contributed by atoms with E-state index in [0.29, 0.717) is 6.42 Å². The summed E-state index contributed by atoms with van der Waals surface area (Å²) >= 11 is 3.44. The van der Waals surface area contributed by atoms with Gasteiger partial charge in [0, 0.05) is 18.8 Å². The molecule has 0 unspecified atom stereocenters. The second-order valence-corrected chi connectivity index (χ2v) is 4.73. The number of carbonyl (C=O) groups excluding carboxylic acids is 1. The molecule has 0 aromatic carbocycles. The predicted molar refractivity (Wildman–Crippen MR) is 69.4 cm³/mol. The van der Waals surface area contributed by atoms with Gasteiger partial charge >= 0.3 is 0 Å². The molecule has 0 rings (SSSR count). The molecular formula is C12H24BrNO. The molecule has 0 heterocycles. The largest absolute Gasteiger partial charge is 0.359 e. The highest BCUT2D eigenvalue weighted by Gasteiger charge is 1.97. The van der Waals surface area contributed by atoms with Gasteiger partial charge in [0.25, 0.3) is 0 Å². The van der Waals surface area contributed by atoms with Crippen LogP contribution in [0.25, 0.3) is 0 Å². The normalized spacial score (nSPS) is 10.3. The SMILES string of the molecule is CNC(=O)CCCCCCCCCCBr. The Kier molecular flexibility index (Phi) is 12.0. The lowest BCUT2D eigenvalue weighted by atomic mass is 10.1. The minimum Gasteiger partial charge on any atom is -0.359 e. The van der Waals surface area contributed by atoms with Gasteiger partial charge in [0.1, 0.15) is 0 Å². The van der Waals surface area contributed by atoms with Crippen LogP contribution in [0.3, 0.4) is 0 Å². The summed E-state index contributed by atoms with van der Waals surface area (Å²) in [5, 5.41) is 3.78. The third kappa shape index (κ3) is 11.9. The molecule has 0 saturated carbocycles. The summed E-state index contributed by atoms with van der Waals surface area (Å²) in [6.07, 6.45) is 10.9. The number of carbonyl (C=O) groups is 1. The van der Waals surface area contributed by atoms with Crippen LogP contribution in [0.2, 0.25) is 0 Å². The number of amides is 1. The fraction of sp³-hybridized carbons (Fsp3) is 0.917. The molecule has 0 spiro atoms. The molecule has 90 valence electrons. The molecule has 0 atom stereocenters. The maximum absolute atomic E-state index is 10.9. The highest BCUT2D eigenvalue weighted by atomic mass is 79.9. The molecular weight excluding hydrogens is 254 g/mol. The number of halogens is 1. The Morgan fingerprint density at radius 2 is 1.40 bits per heavy atom. The molecule has 0 bridgehead atoms. The van der Waals surface area contributed by atoms with E-state index >= 15 is 0 Å². The van der Waals surface area contributed by atoms with Crippen LogP contribution in [-0.2, 0) is 4.79 Å². The average molecular weight is 278 g/mol. The first-order valence-corrected chi connectivity index (χ1v) is 7.20. The Morgan fingerprint density at radius 3 is 1.87 bits per heavy atom. The zero-order valence-electron chi connectivity index (χ0n) is 9.86. The summed E-state index contributed by atoms with van der Waals surface area (Å²) in [6, 6.07) is 0. The summed E-state index contributed by atoms with van der Waals surface area (Å²) < 4.78 is 0. The van der Waals surface area contributed by atoms with Crippen molar-refractivity contribution in [3.05, 3.63) is 0 Å². The van der Waals surface area contributed by atoms with Crippen LogP contribution < -0.4 is 5.32 Å². The highest BCUT2D eigenvalue weighted by molar-refractivity contribution is 9.09. The molecule has 0 aliphatic rings. The molecule has 1 amide bonds. The zero-order valence-corrected chi connectivity index (χ0v) is 11.4. The number of rotatable bonds is 10. The standard InChI is InChI=1S/C12H24BrNO/c1-14-12(15)10-8-6-4-2-3-5-7-9-11-13/h2-11H2,1H3,(H,14,15). The lowest BCUT2D eigenvalue weighted by Crippen LogP contribution is -2.16. The summed E-state index contributed by atoms with van der Waals surface area (Å²) in [5.74, 6) is 0.173. The van der Waals surface area contributed by atoms with Crippen LogP contribution in [0.15, 0.2) is 0 Å². The Morgan fingerprint density at radius 1 is 0.933 bits per heavy atom. The number of hydrogen-bond donors (Lipinski definition) is 1. The van der Waals surface area contributed by atoms with Gasteiger partial charge in [-0.1, -0.05) is 54.5 Å². The van der Waals surface area contributed by atoms with E-state index < -0.39 is 0 Å². The lowest BCUT2D eigenvalue weighted by molar-refractivity contribution is -0.120. The van der Waals surface area contributed by atoms with E-state index in [1.165, 1.54) is 44.9 Å². The Hall–Kier alpha value is -0.0500. The van der Waals surface area contributed by atoms with Crippen LogP contribution in [-0.4, -0.2) is 18.3 Å². The molecule has 0 saturated heterocycles. The number of nitrogens with one attached hydrogen (secondary N) is 1. The van der Waals surface area contributed by atoms with Crippen LogP contribution in [0.1, 0.15) is 57.8 Å². The van der Waals surface area contributed by atoms with E-state index in [1.807, 2.05) is 0 Å². The van der Waals surface area contributed by atoms with Gasteiger partial charge in [-0.05, 0) is 12.8 Å². The fourth-order valence-electron chi connectivity index (χ4n) is 1.57. The Bertz CT molecular complexity index is 151. The van der Waals surface area contributed by atoms with Crippen molar-refractivity contribution in [2.45, 2.75) is 57.8 Å². The first kappa shape index (κ1) is 14.9. The third-order valence-electron chi connectivity index (χ3n) is 2.57. The van der Waals surface area contributed by atoms with Gasteiger partial charge in [-0.25, -0.2) is 0 Å². The molecule has 15 heavy (non-hydrogen) atoms. The van der Waals surface area contributed by atoms with Gasteiger partial charge in [-0.15, -0.1) is 0 Å². The first-order chi connectivity index (χ1) is 7.31. The Labute approximate surface area is 102 Å². The van der Waals surface area contributed by atoms with Crippen molar-refractivity contribution in [1.29, 1.82) is 0 Å². The molecule has 3 heteroatoms. The van der Waals surface area contributed by atoms with Gasteiger partial charge in [0.15, 0.2) is 0 Å². The van der Waals surface area contributed by atoms with Crippen LogP contribution in [0, 0.1) is 0 Å². The monoisotopic (exact) mass is 277 g/mol. The number of hydrogen-bond acceptors (Lipinski definition) is 1. The predicted octanol–water partition coefficient (Wildman–Crippen LogP) is 3.64. The summed E-state index contributed by atoms with van der Waals surface area (Å²) in [5.41, 5.74) is 0. The van der Waals surface area contributed by atoms with Crippen molar-refractivity contribution in [1.82, 2.24) is 5.32 Å². The molecule has 0 aliphatic heterocycles. The van der Waals surface area contributed by atoms with Gasteiger partial charge in [0.05, 0.1) is 0 Å². The van der Waals surface area contributed by atoms with Crippen molar-refractivity contribution >= 4 is 21.8 Å². The molecule has 0 aromatic heterocycles. The molecule has 0 aromatic rings. The summed E-state index contributed by atoms with van der Waals surface area (Å²) in [6.45, 7) is 0. The van der Waals surface area contributed by atoms with E-state index in [0.717, 1.165) is 11.8 Å². The van der Waals surface area contributed by atoms with Crippen LogP contribution in [0.4, 0.5) is 0 Å². The van der Waals surface area contributed by atoms with E-state index in [9.17, 15) is 4.79 Å². The second-order valence-electron chi connectivity index (χ2n) is 3.94. The van der Waals surface area contributed by atoms with E-state index in [1.54, 1.807) is 7.05 Å². The minimum atomic E-state index is 0.173. The highest BCUT2D eigenvalue weighted by Crippen LogP contribution is 2.10. The molecule has 1 N–H and O–H groups in total. The van der Waals surface area contributed by atoms with Crippen molar-refractivity contribution < 1.29 is 4.79 Å². The van der Waals surface area contributed by atoms with E-state index in [-0.39, 0.29) is 5.91 Å². The quantitative estimate of drug-likeness (QED) is 0.480. The number of unbranched alkanes of at least 4 members (excludes halogenated alkanes) is 7. The minimum absolute atomic E-state index is 0.173. The van der Waals surface area contributed by atoms with Gasteiger partial charge in [0.2, 0.25) is 5.91 Å². The summed E-state index contributed by atoms with van der Waals surface area (Å²) in [7, 11) is 1.70. The summed E-state index contributed by atoms with van der Waals surface area (Å²) in [4.78, 5) is 10.9. The van der Waals surface area contributed by atoms with Gasteiger partial charge in [-0.2, -0.15) is 0 Å². The smallest absolute Gasteiger partial charge is 0.219 e. The zero-order chi connectivity index (χ0) is 11.4. The molecule has 0 radical (unpaired) electrons. The van der Waals surface area contributed by atoms with Crippen molar-refractivity contribution in [3.63, 3.8) is 0 Å². The maximum Gasteiger partial charge on any atom is 0.219 e. The average Bonchev–Trinajstić information content (AvgIpc) is 2.26. The first-order valence-electron chi connectivity index (χ1n) is 6.07. The van der Waals surface area contributed by atoms with Crippen LogP contribution >= 0.6 is 15.9 Å². The van der Waals surface area contributed by atoms with Crippen molar-refractivity contribution in [2.75, 3.05) is 12.4 Å². The fourth-order valence-corrected chi connectivity index (χ4v) is 1.96. The van der Waals surface area contributed by atoms with Crippen LogP contribution in [0.5, 0.6) is 0 Å². The van der Waals surface area contributed by atoms with E-state index in [2.05, 4.69) is 21.2 Å². The van der Waals surface area contributed by atoms with Gasteiger partial charge < -0.3 is 5.32 Å². The van der Waals surface area contributed by atoms with E-state index in [4.69, 9.17) is 0 Å². The Balaban J connectivity index is 2.95. The van der Waals surface area contributed by atoms with Crippen molar-refractivity contribution in [2.24, 2.45) is 0 Å². The number of alkyl halides is 1.